The lowest BCUT2D eigenvalue weighted by Gasteiger charge is -2.18. The van der Waals surface area contributed by atoms with Gasteiger partial charge in [-0.05, 0) is 19.3 Å². The molecule has 44 heavy (non-hydrogen) atoms. The molecule has 0 fully saturated rings. The smallest absolute Gasteiger partial charge is 0.381 e. The molecule has 0 saturated heterocycles. The molecule has 0 aromatic carbocycles. The van der Waals surface area contributed by atoms with Gasteiger partial charge in [-0.1, -0.05) is 114 Å². The van der Waals surface area contributed by atoms with Gasteiger partial charge in [-0.15, -0.1) is 0 Å². The minimum Gasteiger partial charge on any atom is -0.381 e. The van der Waals surface area contributed by atoms with E-state index in [0.717, 1.165) is 12.8 Å². The maximum absolute atomic E-state index is 13.0. The number of nitrogen functional groups attached to an aromatic ring is 1. The fourth-order valence-corrected chi connectivity index (χ4v) is 7.79. The van der Waals surface area contributed by atoms with Crippen molar-refractivity contribution in [3.63, 3.8) is 0 Å². The molecule has 2 rings (SSSR count). The van der Waals surface area contributed by atoms with Gasteiger partial charge in [0.25, 0.3) is 0 Å². The van der Waals surface area contributed by atoms with E-state index in [2.05, 4.69) is 26.2 Å². The van der Waals surface area contributed by atoms with E-state index in [-0.39, 0.29) is 30.3 Å². The second kappa shape index (κ2) is 22.2. The zero-order chi connectivity index (χ0) is 32.1. The summed E-state index contributed by atoms with van der Waals surface area (Å²) in [5, 5.41) is 0.156. The second-order valence-electron chi connectivity index (χ2n) is 11.0. The van der Waals surface area contributed by atoms with Crippen LogP contribution in [0.15, 0.2) is 18.5 Å². The zero-order valence-corrected chi connectivity index (χ0v) is 28.7. The Morgan fingerprint density at radius 2 is 1.45 bits per heavy atom. The molecule has 0 bridgehead atoms. The van der Waals surface area contributed by atoms with Crippen molar-refractivity contribution in [1.29, 1.82) is 0 Å². The average molecular weight is 680 g/mol. The number of nitrogens with two attached hydrogens (primary N) is 1. The third-order valence-electron chi connectivity index (χ3n) is 7.07. The first-order chi connectivity index (χ1) is 21.1. The Labute approximate surface area is 267 Å². The number of phosphoric acid groups is 1. The van der Waals surface area contributed by atoms with Gasteiger partial charge in [-0.2, -0.15) is 9.97 Å². The lowest BCUT2D eigenvalue weighted by atomic mass is 10.0. The topological polar surface area (TPSA) is 172 Å². The van der Waals surface area contributed by atoms with Crippen molar-refractivity contribution in [3.05, 3.63) is 23.6 Å². The molecule has 0 spiro atoms. The Balaban J connectivity index is 1.54. The summed E-state index contributed by atoms with van der Waals surface area (Å²) < 4.78 is 41.6. The van der Waals surface area contributed by atoms with Crippen LogP contribution in [0.25, 0.3) is 11.2 Å². The molecular formula is C29H52ClN5O7P2. The van der Waals surface area contributed by atoms with Crippen molar-refractivity contribution in [2.24, 2.45) is 0 Å². The molecule has 0 radical (unpaired) electrons. The fraction of sp³-hybridized carbons (Fsp3) is 0.759. The molecule has 4 N–H and O–H groups in total. The fourth-order valence-electron chi connectivity index (χ4n) is 4.75. The van der Waals surface area contributed by atoms with Gasteiger partial charge in [0.2, 0.25) is 5.95 Å². The van der Waals surface area contributed by atoms with Crippen molar-refractivity contribution < 1.29 is 32.5 Å². The summed E-state index contributed by atoms with van der Waals surface area (Å²) in [5.74, 6) is 0.0288. The molecule has 0 aliphatic rings. The highest BCUT2D eigenvalue weighted by atomic mass is 35.5. The van der Waals surface area contributed by atoms with Crippen LogP contribution in [0.5, 0.6) is 0 Å². The lowest BCUT2D eigenvalue weighted by molar-refractivity contribution is 0.113. The number of ether oxygens (including phenoxy) is 1. The summed E-state index contributed by atoms with van der Waals surface area (Å²) in [5.41, 5.74) is 6.55. The standard InChI is InChI=1S/C29H52ClN5O7P2/c1-2-3-4-5-6-7-8-9-10-11-12-13-14-17-21-40-22-19-23-41-43(36,42-44(37,38)39)24-18-15-16-20-35-25-32-26-27(30)33-29(31)34-28(26)35/h15-16,25H,2-14,17-24H2,1H3,(H2,31,33,34)(H2,37,38,39). The van der Waals surface area contributed by atoms with Crippen molar-refractivity contribution >= 4 is 44.1 Å². The van der Waals surface area contributed by atoms with Gasteiger partial charge in [0, 0.05) is 19.8 Å². The molecule has 2 aromatic rings. The number of hydrogen-bond donors (Lipinski definition) is 3. The maximum Gasteiger partial charge on any atom is 0.476 e. The first-order valence-electron chi connectivity index (χ1n) is 16.0. The van der Waals surface area contributed by atoms with Gasteiger partial charge in [-0.25, -0.2) is 13.9 Å². The minimum absolute atomic E-state index is 0.00262. The SMILES string of the molecule is CCCCCCCCCCCCCCCCOCCCOP(=O)(CCC=CCn1cnc2c(Cl)nc(N)nc21)OP(=O)(O)O. The number of hydrogen-bond acceptors (Lipinski definition) is 9. The molecule has 2 heterocycles. The van der Waals surface area contributed by atoms with Gasteiger partial charge in [0.05, 0.1) is 19.1 Å². The first kappa shape index (κ1) is 38.8. The van der Waals surface area contributed by atoms with Crippen LogP contribution in [0.3, 0.4) is 0 Å². The number of halogens is 1. The Kier molecular flexibility index (Phi) is 19.6. The van der Waals surface area contributed by atoms with Crippen LogP contribution in [-0.4, -0.2) is 55.3 Å². The number of nitrogens with zero attached hydrogens (tertiary/aromatic N) is 4. The molecule has 12 nitrogen and oxygen atoms in total. The predicted molar refractivity (Wildman–Crippen MR) is 176 cm³/mol. The quantitative estimate of drug-likeness (QED) is 0.0359. The molecule has 0 aliphatic heterocycles. The van der Waals surface area contributed by atoms with Crippen LogP contribution in [0.2, 0.25) is 5.15 Å². The normalized spacial score (nSPS) is 13.7. The van der Waals surface area contributed by atoms with Crippen LogP contribution in [0, 0.1) is 0 Å². The zero-order valence-electron chi connectivity index (χ0n) is 26.2. The summed E-state index contributed by atoms with van der Waals surface area (Å²) in [6, 6.07) is 0. The van der Waals surface area contributed by atoms with Crippen LogP contribution >= 0.6 is 27.0 Å². The van der Waals surface area contributed by atoms with Crippen LogP contribution in [0.1, 0.15) is 110 Å². The summed E-state index contributed by atoms with van der Waals surface area (Å²) >= 11 is 6.04. The molecule has 0 aliphatic carbocycles. The van der Waals surface area contributed by atoms with Crippen molar-refractivity contribution in [2.75, 3.05) is 31.7 Å². The number of aromatic nitrogens is 4. The summed E-state index contributed by atoms with van der Waals surface area (Å²) in [4.78, 5) is 30.6. The Morgan fingerprint density at radius 1 is 0.864 bits per heavy atom. The van der Waals surface area contributed by atoms with Crippen LogP contribution in [0.4, 0.5) is 5.95 Å². The average Bonchev–Trinajstić information content (AvgIpc) is 3.36. The summed E-state index contributed by atoms with van der Waals surface area (Å²) in [7, 11) is -9.04. The Hall–Kier alpha value is -1.36. The third-order valence-corrected chi connectivity index (χ3v) is 10.6. The van der Waals surface area contributed by atoms with E-state index in [1.807, 2.05) is 0 Å². The number of unbranched alkanes of at least 4 members (excludes halogenated alkanes) is 13. The number of rotatable bonds is 27. The van der Waals surface area contributed by atoms with Crippen LogP contribution in [-0.2, 0) is 29.2 Å². The van der Waals surface area contributed by atoms with E-state index in [0.29, 0.717) is 37.3 Å². The minimum atomic E-state index is -5.01. The Morgan fingerprint density at radius 3 is 2.07 bits per heavy atom. The van der Waals surface area contributed by atoms with Crippen molar-refractivity contribution in [1.82, 2.24) is 19.5 Å². The maximum atomic E-state index is 13.0. The first-order valence-corrected chi connectivity index (χ1v) is 19.6. The van der Waals surface area contributed by atoms with E-state index in [9.17, 15) is 18.9 Å². The van der Waals surface area contributed by atoms with Gasteiger partial charge in [0.1, 0.15) is 5.52 Å². The highest BCUT2D eigenvalue weighted by Gasteiger charge is 2.33. The molecule has 252 valence electrons. The molecular weight excluding hydrogens is 628 g/mol. The van der Waals surface area contributed by atoms with Gasteiger partial charge >= 0.3 is 15.4 Å². The number of fused-ring (bicyclic) bond motifs is 1. The van der Waals surface area contributed by atoms with Crippen molar-refractivity contribution in [2.45, 2.75) is 116 Å². The molecule has 1 unspecified atom stereocenters. The molecule has 1 atom stereocenters. The monoisotopic (exact) mass is 679 g/mol. The largest absolute Gasteiger partial charge is 0.476 e. The van der Waals surface area contributed by atoms with Gasteiger partial charge < -0.3 is 29.3 Å². The van der Waals surface area contributed by atoms with Gasteiger partial charge in [-0.3, -0.25) is 4.57 Å². The second-order valence-corrected chi connectivity index (χ2v) is 14.9. The third kappa shape index (κ3) is 17.4. The van der Waals surface area contributed by atoms with E-state index in [4.69, 9.17) is 26.6 Å². The molecule has 0 saturated carbocycles. The van der Waals surface area contributed by atoms with E-state index < -0.39 is 15.4 Å². The van der Waals surface area contributed by atoms with E-state index in [1.165, 1.54) is 77.0 Å². The van der Waals surface area contributed by atoms with E-state index >= 15 is 0 Å². The molecule has 0 amide bonds. The number of anilines is 1. The predicted octanol–water partition coefficient (Wildman–Crippen LogP) is 8.22. The highest BCUT2D eigenvalue weighted by Crippen LogP contribution is 2.60. The Bertz CT molecular complexity index is 1190. The number of allylic oxidation sites excluding steroid dienone is 2. The summed E-state index contributed by atoms with van der Waals surface area (Å²) in [6.45, 7) is 3.68. The van der Waals surface area contributed by atoms with Crippen molar-refractivity contribution in [3.8, 4) is 0 Å². The molecule has 15 heteroatoms. The highest BCUT2D eigenvalue weighted by molar-refractivity contribution is 7.64. The van der Waals surface area contributed by atoms with E-state index in [1.54, 1.807) is 23.0 Å². The summed E-state index contributed by atoms with van der Waals surface area (Å²) in [6.07, 6.45) is 23.7. The van der Waals surface area contributed by atoms with Gasteiger partial charge in [0.15, 0.2) is 10.8 Å². The molecule has 2 aromatic heterocycles. The number of imidazole rings is 1. The lowest BCUT2D eigenvalue weighted by Crippen LogP contribution is -2.04. The van der Waals surface area contributed by atoms with Crippen LogP contribution < -0.4 is 5.73 Å².